The molecule has 2 aliphatic rings. The van der Waals surface area contributed by atoms with Crippen LogP contribution in [-0.4, -0.2) is 30.4 Å². The first-order valence-corrected chi connectivity index (χ1v) is 7.94. The number of hydrogen-bond donors (Lipinski definition) is 1. The van der Waals surface area contributed by atoms with E-state index in [9.17, 15) is 4.79 Å². The van der Waals surface area contributed by atoms with Gasteiger partial charge in [0.25, 0.3) is 5.91 Å². The predicted octanol–water partition coefficient (Wildman–Crippen LogP) is 3.31. The predicted molar refractivity (Wildman–Crippen MR) is 82.2 cm³/mol. The van der Waals surface area contributed by atoms with Crippen molar-refractivity contribution in [3.8, 4) is 0 Å². The number of piperidine rings is 1. The highest BCUT2D eigenvalue weighted by atomic mass is 16.2. The van der Waals surface area contributed by atoms with Crippen molar-refractivity contribution in [3.63, 3.8) is 0 Å². The summed E-state index contributed by atoms with van der Waals surface area (Å²) in [7, 11) is 0. The number of nitrogens with zero attached hydrogens (tertiary/aromatic N) is 1. The third kappa shape index (κ3) is 2.54. The normalized spacial score (nSPS) is 19.4. The molecule has 20 heavy (non-hydrogen) atoms. The van der Waals surface area contributed by atoms with Gasteiger partial charge in [0.05, 0.1) is 11.3 Å². The average Bonchev–Trinajstić information content (AvgIpc) is 2.54. The Morgan fingerprint density at radius 1 is 1.35 bits per heavy atom. The number of carbonyl (C=O) groups is 1. The molecule has 3 rings (SSSR count). The molecule has 0 spiro atoms. The number of nitrogens with one attached hydrogen (secondary N) is 1. The van der Waals surface area contributed by atoms with Crippen LogP contribution >= 0.6 is 0 Å². The summed E-state index contributed by atoms with van der Waals surface area (Å²) < 4.78 is 0. The molecule has 0 aliphatic carbocycles. The van der Waals surface area contributed by atoms with Crippen LogP contribution in [0, 0.1) is 5.92 Å². The fourth-order valence-electron chi connectivity index (χ4n) is 3.40. The number of para-hydroxylation sites is 1. The zero-order valence-corrected chi connectivity index (χ0v) is 12.3. The van der Waals surface area contributed by atoms with Crippen molar-refractivity contribution in [2.45, 2.75) is 39.0 Å². The van der Waals surface area contributed by atoms with Gasteiger partial charge in [0.15, 0.2) is 0 Å². The van der Waals surface area contributed by atoms with E-state index in [4.69, 9.17) is 0 Å². The van der Waals surface area contributed by atoms with Gasteiger partial charge in [-0.05, 0) is 43.2 Å². The van der Waals surface area contributed by atoms with Crippen LogP contribution < -0.4 is 5.32 Å². The van der Waals surface area contributed by atoms with E-state index >= 15 is 0 Å². The first kappa shape index (κ1) is 13.5. The first-order valence-electron chi connectivity index (χ1n) is 7.94. The van der Waals surface area contributed by atoms with E-state index in [1.165, 1.54) is 12.0 Å². The maximum Gasteiger partial charge on any atom is 0.255 e. The van der Waals surface area contributed by atoms with E-state index in [0.29, 0.717) is 0 Å². The SMILES string of the molecule is CCC1CCN(C(=O)c2cccc3c2NCCC3)CC1. The summed E-state index contributed by atoms with van der Waals surface area (Å²) in [5.74, 6) is 1.02. The van der Waals surface area contributed by atoms with Crippen LogP contribution in [0.5, 0.6) is 0 Å². The quantitative estimate of drug-likeness (QED) is 0.896. The van der Waals surface area contributed by atoms with Gasteiger partial charge in [0.1, 0.15) is 0 Å². The smallest absolute Gasteiger partial charge is 0.255 e. The van der Waals surface area contributed by atoms with Crippen molar-refractivity contribution in [2.75, 3.05) is 25.0 Å². The van der Waals surface area contributed by atoms with Crippen LogP contribution in [0.3, 0.4) is 0 Å². The molecule has 1 aromatic rings. The van der Waals surface area contributed by atoms with E-state index in [0.717, 1.165) is 62.5 Å². The molecule has 0 bridgehead atoms. The molecule has 0 aromatic heterocycles. The lowest BCUT2D eigenvalue weighted by molar-refractivity contribution is 0.0689. The number of rotatable bonds is 2. The molecule has 108 valence electrons. The van der Waals surface area contributed by atoms with Crippen LogP contribution in [0.2, 0.25) is 0 Å². The zero-order chi connectivity index (χ0) is 13.9. The molecule has 1 aromatic carbocycles. The summed E-state index contributed by atoms with van der Waals surface area (Å²) in [4.78, 5) is 14.8. The van der Waals surface area contributed by atoms with Crippen molar-refractivity contribution in [1.29, 1.82) is 0 Å². The molecule has 0 unspecified atom stereocenters. The van der Waals surface area contributed by atoms with Gasteiger partial charge in [-0.25, -0.2) is 0 Å². The molecule has 0 radical (unpaired) electrons. The minimum Gasteiger partial charge on any atom is -0.384 e. The van der Waals surface area contributed by atoms with E-state index in [2.05, 4.69) is 18.3 Å². The van der Waals surface area contributed by atoms with E-state index in [1.54, 1.807) is 0 Å². The number of amides is 1. The number of hydrogen-bond acceptors (Lipinski definition) is 2. The lowest BCUT2D eigenvalue weighted by Crippen LogP contribution is -2.38. The summed E-state index contributed by atoms with van der Waals surface area (Å²) in [6.45, 7) is 5.07. The molecule has 3 nitrogen and oxygen atoms in total. The fourth-order valence-corrected chi connectivity index (χ4v) is 3.40. The Morgan fingerprint density at radius 3 is 2.90 bits per heavy atom. The first-order chi connectivity index (χ1) is 9.79. The topological polar surface area (TPSA) is 32.3 Å². The number of benzene rings is 1. The average molecular weight is 272 g/mol. The Bertz CT molecular complexity index is 490. The summed E-state index contributed by atoms with van der Waals surface area (Å²) in [6, 6.07) is 6.14. The van der Waals surface area contributed by atoms with Crippen molar-refractivity contribution >= 4 is 11.6 Å². The van der Waals surface area contributed by atoms with E-state index in [-0.39, 0.29) is 5.91 Å². The second-order valence-electron chi connectivity index (χ2n) is 6.01. The Hall–Kier alpha value is -1.51. The van der Waals surface area contributed by atoms with Crippen LogP contribution in [0.1, 0.15) is 48.5 Å². The second kappa shape index (κ2) is 5.86. The lowest BCUT2D eigenvalue weighted by Gasteiger charge is -2.32. The molecular formula is C17H24N2O. The third-order valence-electron chi connectivity index (χ3n) is 4.78. The van der Waals surface area contributed by atoms with Gasteiger partial charge >= 0.3 is 0 Å². The molecule has 1 saturated heterocycles. The third-order valence-corrected chi connectivity index (χ3v) is 4.78. The maximum absolute atomic E-state index is 12.8. The largest absolute Gasteiger partial charge is 0.384 e. The summed E-state index contributed by atoms with van der Waals surface area (Å²) in [5.41, 5.74) is 3.25. The Morgan fingerprint density at radius 2 is 2.15 bits per heavy atom. The van der Waals surface area contributed by atoms with Crippen molar-refractivity contribution in [2.24, 2.45) is 5.92 Å². The van der Waals surface area contributed by atoms with Crippen LogP contribution in [0.25, 0.3) is 0 Å². The van der Waals surface area contributed by atoms with Gasteiger partial charge < -0.3 is 10.2 Å². The van der Waals surface area contributed by atoms with Gasteiger partial charge in [0.2, 0.25) is 0 Å². The molecule has 3 heteroatoms. The van der Waals surface area contributed by atoms with Crippen LogP contribution in [-0.2, 0) is 6.42 Å². The van der Waals surface area contributed by atoms with Gasteiger partial charge in [-0.3, -0.25) is 4.79 Å². The molecule has 2 heterocycles. The van der Waals surface area contributed by atoms with E-state index < -0.39 is 0 Å². The fraction of sp³-hybridized carbons (Fsp3) is 0.588. The number of anilines is 1. The van der Waals surface area contributed by atoms with Crippen LogP contribution in [0.15, 0.2) is 18.2 Å². The maximum atomic E-state index is 12.8. The highest BCUT2D eigenvalue weighted by Crippen LogP contribution is 2.28. The Balaban J connectivity index is 1.78. The Labute approximate surface area is 121 Å². The minimum absolute atomic E-state index is 0.214. The van der Waals surface area contributed by atoms with Crippen LogP contribution in [0.4, 0.5) is 5.69 Å². The highest BCUT2D eigenvalue weighted by molar-refractivity contribution is 6.00. The summed E-state index contributed by atoms with van der Waals surface area (Å²) >= 11 is 0. The number of carbonyl (C=O) groups excluding carboxylic acids is 1. The standard InChI is InChI=1S/C17H24N2O/c1-2-13-8-11-19(12-9-13)17(20)15-7-3-5-14-6-4-10-18-16(14)15/h3,5,7,13,18H,2,4,6,8-12H2,1H3. The molecule has 2 aliphatic heterocycles. The number of likely N-dealkylation sites (tertiary alicyclic amines) is 1. The van der Waals surface area contributed by atoms with Gasteiger partial charge in [-0.15, -0.1) is 0 Å². The lowest BCUT2D eigenvalue weighted by atomic mass is 9.93. The summed E-state index contributed by atoms with van der Waals surface area (Å²) in [5, 5.41) is 3.42. The number of fused-ring (bicyclic) bond motifs is 1. The molecule has 1 fully saturated rings. The van der Waals surface area contributed by atoms with Gasteiger partial charge in [-0.2, -0.15) is 0 Å². The zero-order valence-electron chi connectivity index (χ0n) is 12.3. The minimum atomic E-state index is 0.214. The number of aryl methyl sites for hydroxylation is 1. The highest BCUT2D eigenvalue weighted by Gasteiger charge is 2.25. The van der Waals surface area contributed by atoms with Crippen molar-refractivity contribution in [1.82, 2.24) is 4.90 Å². The monoisotopic (exact) mass is 272 g/mol. The van der Waals surface area contributed by atoms with E-state index in [1.807, 2.05) is 17.0 Å². The molecular weight excluding hydrogens is 248 g/mol. The molecule has 1 N–H and O–H groups in total. The molecule has 0 atom stereocenters. The molecule has 1 amide bonds. The van der Waals surface area contributed by atoms with Crippen molar-refractivity contribution in [3.05, 3.63) is 29.3 Å². The summed E-state index contributed by atoms with van der Waals surface area (Å²) in [6.07, 6.45) is 5.80. The van der Waals surface area contributed by atoms with Crippen molar-refractivity contribution < 1.29 is 4.79 Å². The van der Waals surface area contributed by atoms with Gasteiger partial charge in [0, 0.05) is 19.6 Å². The molecule has 0 saturated carbocycles. The van der Waals surface area contributed by atoms with Gasteiger partial charge in [-0.1, -0.05) is 25.5 Å². The second-order valence-corrected chi connectivity index (χ2v) is 6.01. The Kier molecular flexibility index (Phi) is 3.95.